The summed E-state index contributed by atoms with van der Waals surface area (Å²) in [5.41, 5.74) is 1.68. The lowest BCUT2D eigenvalue weighted by atomic mass is 10.1. The summed E-state index contributed by atoms with van der Waals surface area (Å²) >= 11 is 0. The average molecular weight is 335 g/mol. The second kappa shape index (κ2) is 7.59. The van der Waals surface area contributed by atoms with Crippen molar-refractivity contribution in [3.63, 3.8) is 0 Å². The first kappa shape index (κ1) is 17.5. The molecule has 23 heavy (non-hydrogen) atoms. The van der Waals surface area contributed by atoms with Crippen LogP contribution in [0.5, 0.6) is 5.75 Å². The van der Waals surface area contributed by atoms with Crippen LogP contribution in [0.1, 0.15) is 24.2 Å². The summed E-state index contributed by atoms with van der Waals surface area (Å²) in [7, 11) is -3.85. The summed E-state index contributed by atoms with van der Waals surface area (Å²) < 4.78 is 29.5. The third-order valence-electron chi connectivity index (χ3n) is 3.37. The molecule has 2 aromatic carbocycles. The van der Waals surface area contributed by atoms with Crippen molar-refractivity contribution in [3.8, 4) is 5.75 Å². The van der Waals surface area contributed by atoms with Gasteiger partial charge in [-0.2, -0.15) is 8.42 Å². The van der Waals surface area contributed by atoms with Crippen molar-refractivity contribution in [1.82, 2.24) is 5.32 Å². The summed E-state index contributed by atoms with van der Waals surface area (Å²) in [5.74, 6) is 0.213. The van der Waals surface area contributed by atoms with Crippen LogP contribution in [0.25, 0.3) is 0 Å². The minimum absolute atomic E-state index is 0.111. The Labute approximate surface area is 137 Å². The van der Waals surface area contributed by atoms with Crippen LogP contribution < -0.4 is 9.50 Å². The Morgan fingerprint density at radius 1 is 1.09 bits per heavy atom. The zero-order chi connectivity index (χ0) is 16.9. The van der Waals surface area contributed by atoms with Gasteiger partial charge in [-0.25, -0.2) is 0 Å². The minimum Gasteiger partial charge on any atom is -0.387 e. The molecule has 0 heterocycles. The molecule has 124 valence electrons. The molecule has 0 saturated heterocycles. The van der Waals surface area contributed by atoms with Gasteiger partial charge in [0.2, 0.25) is 0 Å². The minimum atomic E-state index is -3.85. The van der Waals surface area contributed by atoms with Crippen molar-refractivity contribution in [2.75, 3.05) is 13.1 Å². The molecule has 2 rings (SSSR count). The summed E-state index contributed by atoms with van der Waals surface area (Å²) in [6.45, 7) is 5.06. The molecule has 0 aliphatic carbocycles. The van der Waals surface area contributed by atoms with Gasteiger partial charge in [0.25, 0.3) is 0 Å². The number of rotatable bonds is 7. The molecule has 2 aromatic rings. The van der Waals surface area contributed by atoms with Crippen molar-refractivity contribution in [1.29, 1.82) is 0 Å². The predicted molar refractivity (Wildman–Crippen MR) is 88.9 cm³/mol. The maximum absolute atomic E-state index is 12.2. The Balaban J connectivity index is 2.09. The van der Waals surface area contributed by atoms with Gasteiger partial charge in [0.1, 0.15) is 10.6 Å². The molecule has 0 spiro atoms. The number of benzene rings is 2. The standard InChI is InChI=1S/C17H21NO4S/c1-3-18-12-17(19)14-6-8-15(9-7-14)22-23(20,21)16-10-4-13(2)5-11-16/h4-11,17-19H,3,12H2,1-2H3/t17-/m0/s1. The molecule has 0 aromatic heterocycles. The van der Waals surface area contributed by atoms with Crippen LogP contribution in [-0.4, -0.2) is 26.6 Å². The van der Waals surface area contributed by atoms with E-state index in [1.807, 2.05) is 13.8 Å². The van der Waals surface area contributed by atoms with Gasteiger partial charge in [-0.05, 0) is 43.3 Å². The van der Waals surface area contributed by atoms with Crippen molar-refractivity contribution < 1.29 is 17.7 Å². The van der Waals surface area contributed by atoms with Gasteiger partial charge in [-0.3, -0.25) is 0 Å². The first-order chi connectivity index (χ1) is 10.9. The van der Waals surface area contributed by atoms with E-state index in [1.165, 1.54) is 24.3 Å². The van der Waals surface area contributed by atoms with Crippen LogP contribution in [0.4, 0.5) is 0 Å². The quantitative estimate of drug-likeness (QED) is 0.760. The molecule has 2 N–H and O–H groups in total. The molecule has 5 nitrogen and oxygen atoms in total. The Hall–Kier alpha value is -1.89. The van der Waals surface area contributed by atoms with Crippen molar-refractivity contribution in [2.45, 2.75) is 24.8 Å². The number of hydrogen-bond acceptors (Lipinski definition) is 5. The van der Waals surface area contributed by atoms with Gasteiger partial charge >= 0.3 is 10.1 Å². The molecule has 0 amide bonds. The fourth-order valence-electron chi connectivity index (χ4n) is 2.02. The van der Waals surface area contributed by atoms with Gasteiger partial charge < -0.3 is 14.6 Å². The monoisotopic (exact) mass is 335 g/mol. The van der Waals surface area contributed by atoms with Gasteiger partial charge in [-0.15, -0.1) is 0 Å². The van der Waals surface area contributed by atoms with Gasteiger partial charge in [-0.1, -0.05) is 36.8 Å². The number of nitrogens with one attached hydrogen (secondary N) is 1. The van der Waals surface area contributed by atoms with Crippen LogP contribution in [0.2, 0.25) is 0 Å². The highest BCUT2D eigenvalue weighted by Crippen LogP contribution is 2.21. The highest BCUT2D eigenvalue weighted by atomic mass is 32.2. The van der Waals surface area contributed by atoms with Crippen molar-refractivity contribution in [2.24, 2.45) is 0 Å². The predicted octanol–water partition coefficient (Wildman–Crippen LogP) is 2.41. The first-order valence-corrected chi connectivity index (χ1v) is 8.83. The fraction of sp³-hybridized carbons (Fsp3) is 0.294. The van der Waals surface area contributed by atoms with Gasteiger partial charge in [0.05, 0.1) is 6.10 Å². The fourth-order valence-corrected chi connectivity index (χ4v) is 2.95. The third kappa shape index (κ3) is 4.79. The zero-order valence-electron chi connectivity index (χ0n) is 13.2. The molecular formula is C17H21NO4S. The number of likely N-dealkylation sites (N-methyl/N-ethyl adjacent to an activating group) is 1. The molecule has 1 atom stereocenters. The lowest BCUT2D eigenvalue weighted by molar-refractivity contribution is 0.175. The molecule has 0 radical (unpaired) electrons. The van der Waals surface area contributed by atoms with E-state index in [-0.39, 0.29) is 10.6 Å². The summed E-state index contributed by atoms with van der Waals surface area (Å²) in [6, 6.07) is 12.8. The summed E-state index contributed by atoms with van der Waals surface area (Å²) in [4.78, 5) is 0.111. The normalized spacial score (nSPS) is 12.8. The van der Waals surface area contributed by atoms with E-state index in [0.717, 1.165) is 12.1 Å². The Bertz CT molecular complexity index is 724. The third-order valence-corrected chi connectivity index (χ3v) is 4.63. The van der Waals surface area contributed by atoms with Crippen LogP contribution in [-0.2, 0) is 10.1 Å². The summed E-state index contributed by atoms with van der Waals surface area (Å²) in [6.07, 6.45) is -0.641. The zero-order valence-corrected chi connectivity index (χ0v) is 14.0. The van der Waals surface area contributed by atoms with Crippen LogP contribution in [0.15, 0.2) is 53.4 Å². The molecule has 0 saturated carbocycles. The average Bonchev–Trinajstić information content (AvgIpc) is 2.53. The number of aliphatic hydroxyl groups is 1. The molecule has 0 bridgehead atoms. The number of aliphatic hydroxyl groups excluding tert-OH is 1. The lowest BCUT2D eigenvalue weighted by Gasteiger charge is -2.12. The SMILES string of the molecule is CCNC[C@H](O)c1ccc(OS(=O)(=O)c2ccc(C)cc2)cc1. The van der Waals surface area contributed by atoms with Gasteiger partial charge in [0.15, 0.2) is 0 Å². The number of aryl methyl sites for hydroxylation is 1. The van der Waals surface area contributed by atoms with E-state index in [2.05, 4.69) is 5.32 Å². The van der Waals surface area contributed by atoms with Crippen molar-refractivity contribution in [3.05, 3.63) is 59.7 Å². The van der Waals surface area contributed by atoms with Crippen LogP contribution in [0.3, 0.4) is 0 Å². The highest BCUT2D eigenvalue weighted by molar-refractivity contribution is 7.87. The second-order valence-corrected chi connectivity index (χ2v) is 6.79. The lowest BCUT2D eigenvalue weighted by Crippen LogP contribution is -2.20. The molecule has 0 aliphatic rings. The Kier molecular flexibility index (Phi) is 5.76. The summed E-state index contributed by atoms with van der Waals surface area (Å²) in [5, 5.41) is 13.0. The first-order valence-electron chi connectivity index (χ1n) is 7.42. The largest absolute Gasteiger partial charge is 0.387 e. The molecular weight excluding hydrogens is 314 g/mol. The highest BCUT2D eigenvalue weighted by Gasteiger charge is 2.16. The Morgan fingerprint density at radius 2 is 1.70 bits per heavy atom. The van der Waals surface area contributed by atoms with E-state index < -0.39 is 16.2 Å². The number of hydrogen-bond donors (Lipinski definition) is 2. The van der Waals surface area contributed by atoms with Crippen LogP contribution >= 0.6 is 0 Å². The molecule has 6 heteroatoms. The van der Waals surface area contributed by atoms with Gasteiger partial charge in [0, 0.05) is 6.54 Å². The van der Waals surface area contributed by atoms with E-state index in [0.29, 0.717) is 12.1 Å². The maximum Gasteiger partial charge on any atom is 0.339 e. The van der Waals surface area contributed by atoms with Crippen LogP contribution in [0, 0.1) is 6.92 Å². The van der Waals surface area contributed by atoms with E-state index in [4.69, 9.17) is 4.18 Å². The van der Waals surface area contributed by atoms with Crippen molar-refractivity contribution >= 4 is 10.1 Å². The smallest absolute Gasteiger partial charge is 0.339 e. The van der Waals surface area contributed by atoms with E-state index >= 15 is 0 Å². The van der Waals surface area contributed by atoms with E-state index in [1.54, 1.807) is 24.3 Å². The topological polar surface area (TPSA) is 75.6 Å². The maximum atomic E-state index is 12.2. The van der Waals surface area contributed by atoms with E-state index in [9.17, 15) is 13.5 Å². The molecule has 0 aliphatic heterocycles. The Morgan fingerprint density at radius 3 is 2.26 bits per heavy atom. The second-order valence-electron chi connectivity index (χ2n) is 5.24. The molecule has 0 fully saturated rings. The molecule has 0 unspecified atom stereocenters.